The van der Waals surface area contributed by atoms with Gasteiger partial charge in [-0.3, -0.25) is 4.99 Å². The van der Waals surface area contributed by atoms with Crippen LogP contribution in [0, 0.1) is 0 Å². The molecule has 1 nitrogen and oxygen atoms in total. The van der Waals surface area contributed by atoms with Gasteiger partial charge in [-0.05, 0) is 0 Å². The zero-order valence-corrected chi connectivity index (χ0v) is 5.59. The molecule has 1 radical (unpaired) electrons. The predicted molar refractivity (Wildman–Crippen MR) is 36.4 cm³/mol. The summed E-state index contributed by atoms with van der Waals surface area (Å²) >= 11 is 3.66. The maximum absolute atomic E-state index is 3.80. The predicted octanol–water partition coefficient (Wildman–Crippen LogP) is 0.842. The number of rotatable bonds is 0. The van der Waals surface area contributed by atoms with E-state index in [9.17, 15) is 0 Å². The molecule has 0 atom stereocenters. The molecule has 0 aromatic heterocycles. The number of nitrogens with zero attached hydrogens (tertiary/aromatic N) is 1. The van der Waals surface area contributed by atoms with Crippen LogP contribution in [0.1, 0.15) is 0 Å². The molecule has 0 aromatic carbocycles. The van der Waals surface area contributed by atoms with Gasteiger partial charge in [-0.1, -0.05) is 0 Å². The van der Waals surface area contributed by atoms with Crippen molar-refractivity contribution in [3.05, 3.63) is 0 Å². The third kappa shape index (κ3) is 4.47. The van der Waals surface area contributed by atoms with E-state index in [1.807, 2.05) is 23.3 Å². The molecule has 0 aliphatic carbocycles. The van der Waals surface area contributed by atoms with Gasteiger partial charge in [-0.2, -0.15) is 0 Å². The fourth-order valence-corrected chi connectivity index (χ4v) is 0.685. The summed E-state index contributed by atoms with van der Waals surface area (Å²) in [5, 5.41) is 0. The molecule has 0 saturated heterocycles. The van der Waals surface area contributed by atoms with Gasteiger partial charge in [0.05, 0.1) is 0 Å². The molecular formula is C4H7LiNS. The first-order valence-corrected chi connectivity index (χ1v) is 3.52. The second kappa shape index (κ2) is 6.62. The second-order valence-corrected chi connectivity index (χ2v) is 1.70. The first kappa shape index (κ1) is 7.62. The van der Waals surface area contributed by atoms with Crippen LogP contribution < -0.4 is 0 Å². The zero-order chi connectivity index (χ0) is 5.54. The molecule has 0 amide bonds. The van der Waals surface area contributed by atoms with Gasteiger partial charge in [0.2, 0.25) is 0 Å². The molecule has 1 heterocycles. The molecule has 0 fully saturated rings. The van der Waals surface area contributed by atoms with Gasteiger partial charge < -0.3 is 0 Å². The van der Waals surface area contributed by atoms with E-state index in [0.29, 0.717) is 0 Å². The summed E-state index contributed by atoms with van der Waals surface area (Å²) in [6, 6.07) is 0. The van der Waals surface area contributed by atoms with Crippen LogP contribution in [0.5, 0.6) is 0 Å². The van der Waals surface area contributed by atoms with Crippen molar-refractivity contribution in [2.75, 3.05) is 12.3 Å². The standard InChI is InChI=1S/C3H4NS.CH3.Li/c1-2-5-3-4-1;;/h1-2H2;1H3;. The second-order valence-electron chi connectivity index (χ2n) is 0.821. The normalized spacial score (nSPS) is 15.9. The van der Waals surface area contributed by atoms with Gasteiger partial charge >= 0.3 is 23.3 Å². The van der Waals surface area contributed by atoms with Crippen molar-refractivity contribution in [3.63, 3.8) is 0 Å². The van der Waals surface area contributed by atoms with Crippen LogP contribution in [0.25, 0.3) is 0 Å². The first-order valence-electron chi connectivity index (χ1n) is 2.53. The third-order valence-electron chi connectivity index (χ3n) is 0.434. The van der Waals surface area contributed by atoms with Crippen LogP contribution >= 0.6 is 11.8 Å². The van der Waals surface area contributed by atoms with Crippen molar-refractivity contribution in [1.29, 1.82) is 0 Å². The van der Waals surface area contributed by atoms with Crippen LogP contribution in [0.4, 0.5) is 0 Å². The third-order valence-corrected chi connectivity index (χ3v) is 1.08. The fraction of sp³-hybridized carbons (Fsp3) is 0.750. The van der Waals surface area contributed by atoms with Crippen molar-refractivity contribution < 1.29 is 0 Å². The molecule has 0 aromatic rings. The molecule has 0 unspecified atom stereocenters. The monoisotopic (exact) mass is 108 g/mol. The van der Waals surface area contributed by atoms with Gasteiger partial charge in [-0.25, -0.2) is 0 Å². The van der Waals surface area contributed by atoms with Crippen LogP contribution in [0.2, 0.25) is 5.60 Å². The minimum atomic E-state index is 0.977. The Kier molecular flexibility index (Phi) is 7.20. The van der Waals surface area contributed by atoms with Gasteiger partial charge in [0.25, 0.3) is 0 Å². The van der Waals surface area contributed by atoms with E-state index in [4.69, 9.17) is 0 Å². The van der Waals surface area contributed by atoms with Gasteiger partial charge in [0, 0.05) is 12.3 Å². The molecular weight excluding hydrogens is 101 g/mol. The molecule has 35 valence electrons. The van der Waals surface area contributed by atoms with E-state index >= 15 is 0 Å². The average molecular weight is 108 g/mol. The number of aliphatic imine (C=N–C) groups is 1. The van der Waals surface area contributed by atoms with Crippen LogP contribution in [-0.4, -0.2) is 35.6 Å². The van der Waals surface area contributed by atoms with Crippen LogP contribution in [0.15, 0.2) is 4.99 Å². The first-order chi connectivity index (χ1) is 3.50. The Morgan fingerprint density at radius 1 is 1.71 bits per heavy atom. The molecule has 0 saturated carbocycles. The summed E-state index contributed by atoms with van der Waals surface area (Å²) in [6.45, 7) is 0.977. The Balaban J connectivity index is 0.000000162. The summed E-state index contributed by atoms with van der Waals surface area (Å²) in [7, 11) is 0. The molecule has 0 spiro atoms. The van der Waals surface area contributed by atoms with Crippen molar-refractivity contribution in [1.82, 2.24) is 0 Å². The maximum atomic E-state index is 3.80. The molecule has 3 heteroatoms. The molecule has 1 aliphatic heterocycles. The Hall–Kier alpha value is 0.617. The Morgan fingerprint density at radius 2 is 2.43 bits per heavy atom. The van der Waals surface area contributed by atoms with E-state index in [0.717, 1.165) is 12.3 Å². The van der Waals surface area contributed by atoms with E-state index in [-0.39, 0.29) is 0 Å². The van der Waals surface area contributed by atoms with Crippen molar-refractivity contribution in [2.24, 2.45) is 4.99 Å². The number of thioether (sulfide) groups is 1. The van der Waals surface area contributed by atoms with Crippen LogP contribution in [0.3, 0.4) is 0 Å². The van der Waals surface area contributed by atoms with E-state index < -0.39 is 0 Å². The fourth-order valence-electron chi connectivity index (χ4n) is 0.228. The average Bonchev–Trinajstić information content (AvgIpc) is 2.23. The molecule has 0 bridgehead atoms. The van der Waals surface area contributed by atoms with Crippen molar-refractivity contribution in [3.8, 4) is 0 Å². The number of hydrogen-bond donors (Lipinski definition) is 0. The van der Waals surface area contributed by atoms with Gasteiger partial charge in [0.1, 0.15) is 5.55 Å². The Morgan fingerprint density at radius 3 is 2.57 bits per heavy atom. The Bertz CT molecular complexity index is 49.7. The summed E-state index contributed by atoms with van der Waals surface area (Å²) in [4.78, 5) is 3.80. The molecule has 0 N–H and O–H groups in total. The SMILES string of the molecule is [C]1=NCCS1.[Li][CH3]. The topological polar surface area (TPSA) is 12.4 Å². The van der Waals surface area contributed by atoms with Gasteiger partial charge in [0.15, 0.2) is 0 Å². The van der Waals surface area contributed by atoms with E-state index in [2.05, 4.69) is 10.5 Å². The van der Waals surface area contributed by atoms with Gasteiger partial charge in [-0.15, -0.1) is 11.8 Å². The summed E-state index contributed by atoms with van der Waals surface area (Å²) in [6.07, 6.45) is 0. The van der Waals surface area contributed by atoms with Crippen molar-refractivity contribution in [2.45, 2.75) is 5.60 Å². The number of hydrogen-bond acceptors (Lipinski definition) is 2. The van der Waals surface area contributed by atoms with E-state index in [1.165, 1.54) is 0 Å². The van der Waals surface area contributed by atoms with Crippen molar-refractivity contribution >= 4 is 35.0 Å². The summed E-state index contributed by atoms with van der Waals surface area (Å²) in [5.74, 6) is 1.14. The quantitative estimate of drug-likeness (QED) is 0.419. The molecule has 1 rings (SSSR count). The summed E-state index contributed by atoms with van der Waals surface area (Å²) in [5.41, 5.74) is 4.76. The molecule has 7 heavy (non-hydrogen) atoms. The summed E-state index contributed by atoms with van der Waals surface area (Å²) < 4.78 is 0. The van der Waals surface area contributed by atoms with E-state index in [1.54, 1.807) is 11.8 Å². The Labute approximate surface area is 58.2 Å². The van der Waals surface area contributed by atoms with Crippen LogP contribution in [-0.2, 0) is 0 Å². The zero-order valence-electron chi connectivity index (χ0n) is 4.77. The molecule has 1 aliphatic rings. The minimum absolute atomic E-state index is 0.977.